The Morgan fingerprint density at radius 3 is 2.50 bits per heavy atom. The average Bonchev–Trinajstić information content (AvgIpc) is 2.34. The molecule has 0 aromatic heterocycles. The van der Waals surface area contributed by atoms with Crippen LogP contribution in [0.2, 0.25) is 0 Å². The van der Waals surface area contributed by atoms with Gasteiger partial charge in [-0.2, -0.15) is 0 Å². The summed E-state index contributed by atoms with van der Waals surface area (Å²) in [4.78, 5) is 0. The molecule has 0 spiro atoms. The van der Waals surface area contributed by atoms with Crippen LogP contribution in [0.5, 0.6) is 0 Å². The zero-order valence-electron chi connectivity index (χ0n) is 8.03. The summed E-state index contributed by atoms with van der Waals surface area (Å²) < 4.78 is 0. The number of aliphatic hydroxyl groups excluding tert-OH is 2. The van der Waals surface area contributed by atoms with Crippen LogP contribution in [-0.4, -0.2) is 22.4 Å². The fourth-order valence-corrected chi connectivity index (χ4v) is 2.31. The molecule has 0 saturated heterocycles. The largest absolute Gasteiger partial charge is 0.393 e. The van der Waals surface area contributed by atoms with E-state index in [4.69, 9.17) is 0 Å². The predicted molar refractivity (Wildman–Crippen MR) is 48.8 cm³/mol. The highest BCUT2D eigenvalue weighted by atomic mass is 16.3. The van der Waals surface area contributed by atoms with Crippen LogP contribution in [0, 0.1) is 11.8 Å². The lowest BCUT2D eigenvalue weighted by Crippen LogP contribution is -2.28. The second-order valence-corrected chi connectivity index (χ2v) is 4.02. The third-order valence-electron chi connectivity index (χ3n) is 3.07. The molecular formula is C10H20O2. The Balaban J connectivity index is 2.43. The van der Waals surface area contributed by atoms with Gasteiger partial charge in [0.1, 0.15) is 0 Å². The highest BCUT2D eigenvalue weighted by Crippen LogP contribution is 2.35. The Morgan fingerprint density at radius 2 is 2.08 bits per heavy atom. The molecule has 4 atom stereocenters. The molecule has 1 aliphatic carbocycles. The number of hydrogen-bond donors (Lipinski definition) is 2. The summed E-state index contributed by atoms with van der Waals surface area (Å²) in [7, 11) is 0. The van der Waals surface area contributed by atoms with Crippen LogP contribution in [0.1, 0.15) is 39.5 Å². The van der Waals surface area contributed by atoms with E-state index in [9.17, 15) is 10.2 Å². The van der Waals surface area contributed by atoms with Crippen LogP contribution in [0.4, 0.5) is 0 Å². The Hall–Kier alpha value is -0.0800. The SMILES string of the molecule is CCCC1CCC(C(C)O)C1O. The molecule has 72 valence electrons. The molecule has 4 unspecified atom stereocenters. The monoisotopic (exact) mass is 172 g/mol. The quantitative estimate of drug-likeness (QED) is 0.678. The van der Waals surface area contributed by atoms with Crippen LogP contribution >= 0.6 is 0 Å². The normalized spacial score (nSPS) is 38.5. The van der Waals surface area contributed by atoms with Crippen LogP contribution in [0.15, 0.2) is 0 Å². The van der Waals surface area contributed by atoms with E-state index in [0.717, 1.165) is 25.7 Å². The minimum Gasteiger partial charge on any atom is -0.393 e. The van der Waals surface area contributed by atoms with E-state index in [-0.39, 0.29) is 18.1 Å². The van der Waals surface area contributed by atoms with E-state index in [1.807, 2.05) is 0 Å². The maximum Gasteiger partial charge on any atom is 0.0621 e. The topological polar surface area (TPSA) is 40.5 Å². The first-order valence-electron chi connectivity index (χ1n) is 5.03. The van der Waals surface area contributed by atoms with E-state index < -0.39 is 0 Å². The van der Waals surface area contributed by atoms with Crippen molar-refractivity contribution in [2.75, 3.05) is 0 Å². The summed E-state index contributed by atoms with van der Waals surface area (Å²) in [6.07, 6.45) is 3.71. The van der Waals surface area contributed by atoms with Gasteiger partial charge >= 0.3 is 0 Å². The Labute approximate surface area is 74.6 Å². The van der Waals surface area contributed by atoms with Gasteiger partial charge in [0.2, 0.25) is 0 Å². The second kappa shape index (κ2) is 4.24. The van der Waals surface area contributed by atoms with Crippen LogP contribution < -0.4 is 0 Å². The summed E-state index contributed by atoms with van der Waals surface area (Å²) in [6.45, 7) is 3.92. The highest BCUT2D eigenvalue weighted by molar-refractivity contribution is 4.86. The lowest BCUT2D eigenvalue weighted by Gasteiger charge is -2.21. The zero-order chi connectivity index (χ0) is 9.14. The van der Waals surface area contributed by atoms with Gasteiger partial charge in [0.15, 0.2) is 0 Å². The van der Waals surface area contributed by atoms with Crippen molar-refractivity contribution in [1.29, 1.82) is 0 Å². The van der Waals surface area contributed by atoms with Crippen molar-refractivity contribution >= 4 is 0 Å². The molecule has 0 radical (unpaired) electrons. The molecular weight excluding hydrogens is 152 g/mol. The van der Waals surface area contributed by atoms with Gasteiger partial charge in [0, 0.05) is 5.92 Å². The molecule has 1 fully saturated rings. The van der Waals surface area contributed by atoms with Crippen molar-refractivity contribution < 1.29 is 10.2 Å². The minimum atomic E-state index is -0.346. The first-order chi connectivity index (χ1) is 5.66. The standard InChI is InChI=1S/C10H20O2/c1-3-4-8-5-6-9(7(2)11)10(8)12/h7-12H,3-6H2,1-2H3. The van der Waals surface area contributed by atoms with Crippen molar-refractivity contribution in [2.45, 2.75) is 51.7 Å². The molecule has 1 rings (SSSR count). The fourth-order valence-electron chi connectivity index (χ4n) is 2.31. The molecule has 0 aromatic rings. The van der Waals surface area contributed by atoms with Crippen molar-refractivity contribution in [3.63, 3.8) is 0 Å². The molecule has 0 amide bonds. The van der Waals surface area contributed by atoms with E-state index >= 15 is 0 Å². The first kappa shape index (κ1) is 10.0. The summed E-state index contributed by atoms with van der Waals surface area (Å²) >= 11 is 0. The molecule has 12 heavy (non-hydrogen) atoms. The molecule has 0 aromatic carbocycles. The van der Waals surface area contributed by atoms with E-state index in [1.165, 1.54) is 0 Å². The molecule has 0 heterocycles. The maximum atomic E-state index is 9.79. The first-order valence-corrected chi connectivity index (χ1v) is 5.03. The van der Waals surface area contributed by atoms with Crippen molar-refractivity contribution in [2.24, 2.45) is 11.8 Å². The minimum absolute atomic E-state index is 0.126. The number of hydrogen-bond acceptors (Lipinski definition) is 2. The van der Waals surface area contributed by atoms with Crippen LogP contribution in [0.3, 0.4) is 0 Å². The van der Waals surface area contributed by atoms with Gasteiger partial charge in [-0.1, -0.05) is 13.3 Å². The van der Waals surface area contributed by atoms with Crippen LogP contribution in [0.25, 0.3) is 0 Å². The Kier molecular flexibility index (Phi) is 3.53. The summed E-state index contributed by atoms with van der Waals surface area (Å²) in [5.41, 5.74) is 0. The van der Waals surface area contributed by atoms with Gasteiger partial charge in [-0.05, 0) is 32.1 Å². The third-order valence-corrected chi connectivity index (χ3v) is 3.07. The van der Waals surface area contributed by atoms with Gasteiger partial charge in [-0.3, -0.25) is 0 Å². The third kappa shape index (κ3) is 1.99. The molecule has 2 nitrogen and oxygen atoms in total. The van der Waals surface area contributed by atoms with Crippen molar-refractivity contribution in [1.82, 2.24) is 0 Å². The second-order valence-electron chi connectivity index (χ2n) is 4.02. The van der Waals surface area contributed by atoms with E-state index in [1.54, 1.807) is 6.92 Å². The van der Waals surface area contributed by atoms with Crippen LogP contribution in [-0.2, 0) is 0 Å². The average molecular weight is 172 g/mol. The Morgan fingerprint density at radius 1 is 1.42 bits per heavy atom. The van der Waals surface area contributed by atoms with E-state index in [0.29, 0.717) is 5.92 Å². The molecule has 1 aliphatic rings. The van der Waals surface area contributed by atoms with Gasteiger partial charge < -0.3 is 10.2 Å². The van der Waals surface area contributed by atoms with Gasteiger partial charge in [0.05, 0.1) is 12.2 Å². The summed E-state index contributed by atoms with van der Waals surface area (Å²) in [5.74, 6) is 0.566. The number of aliphatic hydroxyl groups is 2. The van der Waals surface area contributed by atoms with Gasteiger partial charge in [-0.15, -0.1) is 0 Å². The lowest BCUT2D eigenvalue weighted by atomic mass is 9.94. The number of rotatable bonds is 3. The zero-order valence-corrected chi connectivity index (χ0v) is 8.03. The lowest BCUT2D eigenvalue weighted by molar-refractivity contribution is 0.0204. The Bertz CT molecular complexity index is 134. The molecule has 1 saturated carbocycles. The molecule has 2 heteroatoms. The maximum absolute atomic E-state index is 9.79. The van der Waals surface area contributed by atoms with Gasteiger partial charge in [0.25, 0.3) is 0 Å². The van der Waals surface area contributed by atoms with Crippen molar-refractivity contribution in [3.05, 3.63) is 0 Å². The molecule has 2 N–H and O–H groups in total. The van der Waals surface area contributed by atoms with E-state index in [2.05, 4.69) is 6.92 Å². The molecule has 0 aliphatic heterocycles. The highest BCUT2D eigenvalue weighted by Gasteiger charge is 2.36. The fraction of sp³-hybridized carbons (Fsp3) is 1.00. The predicted octanol–water partition coefficient (Wildman–Crippen LogP) is 1.55. The summed E-state index contributed by atoms with van der Waals surface area (Å²) in [5, 5.41) is 19.1. The molecule has 0 bridgehead atoms. The van der Waals surface area contributed by atoms with Gasteiger partial charge in [-0.25, -0.2) is 0 Å². The summed E-state index contributed by atoms with van der Waals surface area (Å²) in [6, 6.07) is 0. The van der Waals surface area contributed by atoms with Crippen molar-refractivity contribution in [3.8, 4) is 0 Å². The smallest absolute Gasteiger partial charge is 0.0621 e.